The number of phenols is 2. The van der Waals surface area contributed by atoms with E-state index in [2.05, 4.69) is 0 Å². The largest absolute Gasteiger partial charge is 0.508 e. The fraction of sp³-hybridized carbons (Fsp3) is 0.455. The summed E-state index contributed by atoms with van der Waals surface area (Å²) in [5.41, 5.74) is 0.845. The molecule has 0 spiro atoms. The van der Waals surface area contributed by atoms with E-state index in [4.69, 9.17) is 18.9 Å². The number of ether oxygens (including phenoxy) is 4. The lowest BCUT2D eigenvalue weighted by Crippen LogP contribution is -2.60. The van der Waals surface area contributed by atoms with Gasteiger partial charge in [0.15, 0.2) is 11.5 Å². The molecule has 2 aromatic carbocycles. The Morgan fingerprint density at radius 2 is 1.73 bits per heavy atom. The van der Waals surface area contributed by atoms with Crippen LogP contribution in [0, 0.1) is 0 Å². The molecule has 0 amide bonds. The van der Waals surface area contributed by atoms with Crippen molar-refractivity contribution >= 4 is 0 Å². The number of aromatic hydroxyl groups is 2. The predicted molar refractivity (Wildman–Crippen MR) is 110 cm³/mol. The minimum Gasteiger partial charge on any atom is -0.508 e. The van der Waals surface area contributed by atoms with E-state index in [1.165, 1.54) is 31.4 Å². The molecule has 2 aliphatic rings. The van der Waals surface area contributed by atoms with Crippen LogP contribution in [-0.2, 0) is 11.2 Å². The first-order valence-electron chi connectivity index (χ1n) is 10.3. The molecule has 33 heavy (non-hydrogen) atoms. The maximum Gasteiger partial charge on any atom is 0.229 e. The van der Waals surface area contributed by atoms with Gasteiger partial charge in [-0.3, -0.25) is 0 Å². The van der Waals surface area contributed by atoms with Gasteiger partial charge in [0, 0.05) is 24.1 Å². The molecule has 0 radical (unpaired) electrons. The van der Waals surface area contributed by atoms with Gasteiger partial charge in [-0.1, -0.05) is 6.07 Å². The van der Waals surface area contributed by atoms with E-state index in [9.17, 15) is 35.7 Å². The van der Waals surface area contributed by atoms with Crippen molar-refractivity contribution in [1.29, 1.82) is 0 Å². The molecule has 0 aromatic heterocycles. The number of benzene rings is 2. The summed E-state index contributed by atoms with van der Waals surface area (Å²) >= 11 is 0. The first-order chi connectivity index (χ1) is 15.7. The minimum absolute atomic E-state index is 0.0180. The zero-order valence-corrected chi connectivity index (χ0v) is 17.6. The molecule has 11 nitrogen and oxygen atoms in total. The smallest absolute Gasteiger partial charge is 0.229 e. The van der Waals surface area contributed by atoms with Crippen molar-refractivity contribution in [3.63, 3.8) is 0 Å². The lowest BCUT2D eigenvalue weighted by Gasteiger charge is -2.40. The molecule has 2 aromatic rings. The predicted octanol–water partition coefficient (Wildman–Crippen LogP) is -0.678. The van der Waals surface area contributed by atoms with E-state index in [0.29, 0.717) is 11.1 Å². The third-order valence-corrected chi connectivity index (χ3v) is 5.79. The SMILES string of the molecule is COc1ccc([C@H]2Oc3cc(O)cc(O[C@@H]4O[C@H](CO)[C@@H](O)[C@H](O)[C@H]4O)c3C[C@@H]2O)cc1O. The highest BCUT2D eigenvalue weighted by atomic mass is 16.7. The van der Waals surface area contributed by atoms with E-state index in [0.717, 1.165) is 0 Å². The van der Waals surface area contributed by atoms with Crippen molar-refractivity contribution in [2.24, 2.45) is 0 Å². The van der Waals surface area contributed by atoms with E-state index >= 15 is 0 Å². The van der Waals surface area contributed by atoms with Crippen LogP contribution in [0.15, 0.2) is 30.3 Å². The molecule has 2 aliphatic heterocycles. The van der Waals surface area contributed by atoms with Gasteiger partial charge in [-0.05, 0) is 17.7 Å². The highest BCUT2D eigenvalue weighted by molar-refractivity contribution is 5.53. The van der Waals surface area contributed by atoms with Gasteiger partial charge in [0.2, 0.25) is 6.29 Å². The lowest BCUT2D eigenvalue weighted by atomic mass is 9.93. The number of phenolic OH excluding ortho intramolecular Hbond substituents is 2. The van der Waals surface area contributed by atoms with E-state index in [1.54, 1.807) is 6.07 Å². The molecule has 1 saturated heterocycles. The van der Waals surface area contributed by atoms with E-state index in [-0.39, 0.29) is 35.2 Å². The number of aliphatic hydroxyl groups is 5. The maximum atomic E-state index is 10.8. The molecule has 7 N–H and O–H groups in total. The second kappa shape index (κ2) is 9.21. The van der Waals surface area contributed by atoms with Crippen molar-refractivity contribution in [1.82, 2.24) is 0 Å². The fourth-order valence-corrected chi connectivity index (χ4v) is 4.01. The summed E-state index contributed by atoms with van der Waals surface area (Å²) in [6.45, 7) is -0.624. The zero-order valence-electron chi connectivity index (χ0n) is 17.6. The third-order valence-electron chi connectivity index (χ3n) is 5.79. The van der Waals surface area contributed by atoms with Crippen LogP contribution in [0.25, 0.3) is 0 Å². The quantitative estimate of drug-likeness (QED) is 0.297. The Hall–Kier alpha value is -2.80. The summed E-state index contributed by atoms with van der Waals surface area (Å²) in [7, 11) is 1.41. The van der Waals surface area contributed by atoms with Gasteiger partial charge >= 0.3 is 0 Å². The maximum absolute atomic E-state index is 10.8. The van der Waals surface area contributed by atoms with Crippen molar-refractivity contribution in [3.8, 4) is 28.7 Å². The lowest BCUT2D eigenvalue weighted by molar-refractivity contribution is -0.277. The van der Waals surface area contributed by atoms with Gasteiger partial charge in [0.1, 0.15) is 47.8 Å². The van der Waals surface area contributed by atoms with Gasteiger partial charge in [-0.2, -0.15) is 0 Å². The molecule has 0 bridgehead atoms. The van der Waals surface area contributed by atoms with Crippen LogP contribution >= 0.6 is 0 Å². The monoisotopic (exact) mass is 466 g/mol. The molecule has 180 valence electrons. The van der Waals surface area contributed by atoms with Gasteiger partial charge in [0.25, 0.3) is 0 Å². The van der Waals surface area contributed by atoms with Crippen LogP contribution in [-0.4, -0.2) is 86.3 Å². The Bertz CT molecular complexity index is 995. The molecular weight excluding hydrogens is 440 g/mol. The van der Waals surface area contributed by atoms with Gasteiger partial charge in [-0.15, -0.1) is 0 Å². The van der Waals surface area contributed by atoms with Crippen LogP contribution in [0.3, 0.4) is 0 Å². The number of rotatable bonds is 5. The normalized spacial score (nSPS) is 31.4. The topological polar surface area (TPSA) is 179 Å². The molecule has 7 atom stereocenters. The molecule has 1 fully saturated rings. The average Bonchev–Trinajstić information content (AvgIpc) is 2.79. The average molecular weight is 466 g/mol. The molecule has 0 saturated carbocycles. The molecule has 2 heterocycles. The minimum atomic E-state index is -1.65. The molecule has 11 heteroatoms. The van der Waals surface area contributed by atoms with Gasteiger partial charge in [-0.25, -0.2) is 0 Å². The number of methoxy groups -OCH3 is 1. The Labute approximate surface area is 188 Å². The summed E-state index contributed by atoms with van der Waals surface area (Å²) in [4.78, 5) is 0. The summed E-state index contributed by atoms with van der Waals surface area (Å²) < 4.78 is 22.0. The Balaban J connectivity index is 1.61. The Morgan fingerprint density at radius 1 is 0.970 bits per heavy atom. The summed E-state index contributed by atoms with van der Waals surface area (Å²) in [6, 6.07) is 7.14. The molecule has 0 aliphatic carbocycles. The second-order valence-corrected chi connectivity index (χ2v) is 7.98. The summed E-state index contributed by atoms with van der Waals surface area (Å²) in [6.07, 6.45) is -9.37. The van der Waals surface area contributed by atoms with E-state index < -0.39 is 49.5 Å². The first kappa shape index (κ1) is 23.4. The third kappa shape index (κ3) is 4.38. The van der Waals surface area contributed by atoms with Gasteiger partial charge in [0.05, 0.1) is 19.8 Å². The number of aliphatic hydroxyl groups excluding tert-OH is 5. The van der Waals surface area contributed by atoms with Crippen molar-refractivity contribution < 1.29 is 54.7 Å². The standard InChI is InChI=1S/C22H26O11/c1-30-14-3-2-9(4-12(14)25)21-13(26)7-11-15(31-21)5-10(24)6-16(11)32-22-20(29)19(28)18(27)17(8-23)33-22/h2-6,13,17-29H,7-8H2,1H3/t13-,17+,18+,19-,20+,21+,22+/m0/s1. The van der Waals surface area contributed by atoms with Crippen LogP contribution < -0.4 is 14.2 Å². The molecular formula is C22H26O11. The molecule has 0 unspecified atom stereocenters. The van der Waals surface area contributed by atoms with Crippen LogP contribution in [0.2, 0.25) is 0 Å². The van der Waals surface area contributed by atoms with E-state index in [1.807, 2.05) is 0 Å². The van der Waals surface area contributed by atoms with Crippen LogP contribution in [0.4, 0.5) is 0 Å². The second-order valence-electron chi connectivity index (χ2n) is 7.98. The van der Waals surface area contributed by atoms with Crippen LogP contribution in [0.5, 0.6) is 28.7 Å². The van der Waals surface area contributed by atoms with Crippen molar-refractivity contribution in [2.75, 3.05) is 13.7 Å². The Morgan fingerprint density at radius 3 is 2.39 bits per heavy atom. The highest BCUT2D eigenvalue weighted by Gasteiger charge is 2.45. The zero-order chi connectivity index (χ0) is 23.9. The van der Waals surface area contributed by atoms with Gasteiger partial charge < -0.3 is 54.7 Å². The summed E-state index contributed by atoms with van der Waals surface area (Å²) in [5.74, 6) is 0.113. The first-order valence-corrected chi connectivity index (χ1v) is 10.3. The highest BCUT2D eigenvalue weighted by Crippen LogP contribution is 2.44. The van der Waals surface area contributed by atoms with Crippen molar-refractivity contribution in [3.05, 3.63) is 41.5 Å². The molecule has 4 rings (SSSR count). The number of hydrogen-bond acceptors (Lipinski definition) is 11. The van der Waals surface area contributed by atoms with Crippen molar-refractivity contribution in [2.45, 2.75) is 49.3 Å². The summed E-state index contributed by atoms with van der Waals surface area (Å²) in [5, 5.41) is 70.5. The Kier molecular flexibility index (Phi) is 6.52. The number of hydrogen-bond donors (Lipinski definition) is 7. The van der Waals surface area contributed by atoms with Crippen LogP contribution in [0.1, 0.15) is 17.2 Å². The fourth-order valence-electron chi connectivity index (χ4n) is 4.01. The number of fused-ring (bicyclic) bond motifs is 1.